The number of hydrogen-bond donors (Lipinski definition) is 1. The summed E-state index contributed by atoms with van der Waals surface area (Å²) in [6, 6.07) is 13.0. The summed E-state index contributed by atoms with van der Waals surface area (Å²) in [5, 5.41) is 0. The van der Waals surface area contributed by atoms with Crippen LogP contribution in [0.4, 0.5) is 4.39 Å². The van der Waals surface area contributed by atoms with Crippen molar-refractivity contribution >= 4 is 22.6 Å². The third-order valence-corrected chi connectivity index (χ3v) is 4.71. The zero-order valence-electron chi connectivity index (χ0n) is 11.7. The molecule has 0 radical (unpaired) electrons. The van der Waals surface area contributed by atoms with Crippen LogP contribution in [-0.4, -0.2) is 0 Å². The summed E-state index contributed by atoms with van der Waals surface area (Å²) in [7, 11) is 0. The Hall–Kier alpha value is -0.940. The molecule has 0 aliphatic carbocycles. The van der Waals surface area contributed by atoms with Crippen LogP contribution in [0.3, 0.4) is 0 Å². The lowest BCUT2D eigenvalue weighted by atomic mass is 9.94. The van der Waals surface area contributed by atoms with Crippen molar-refractivity contribution in [1.82, 2.24) is 0 Å². The maximum absolute atomic E-state index is 13.1. The lowest BCUT2D eigenvalue weighted by Crippen LogP contribution is -2.13. The molecule has 2 N–H and O–H groups in total. The predicted octanol–water partition coefficient (Wildman–Crippen LogP) is 4.99. The summed E-state index contributed by atoms with van der Waals surface area (Å²) < 4.78 is 14.0. The summed E-state index contributed by atoms with van der Waals surface area (Å²) in [5.74, 6) is 0.337. The molecular formula is C17H19FIN. The lowest BCUT2D eigenvalue weighted by Gasteiger charge is -2.16. The van der Waals surface area contributed by atoms with Gasteiger partial charge in [-0.25, -0.2) is 4.39 Å². The van der Waals surface area contributed by atoms with Crippen molar-refractivity contribution < 1.29 is 4.39 Å². The van der Waals surface area contributed by atoms with Gasteiger partial charge in [0.05, 0.1) is 6.04 Å². The van der Waals surface area contributed by atoms with Gasteiger partial charge in [-0.05, 0) is 63.8 Å². The van der Waals surface area contributed by atoms with Gasteiger partial charge in [0.1, 0.15) is 5.82 Å². The fraction of sp³-hybridized carbons (Fsp3) is 0.294. The average molecular weight is 383 g/mol. The third-order valence-electron chi connectivity index (χ3n) is 3.77. The Kier molecular flexibility index (Phi) is 5.16. The second-order valence-electron chi connectivity index (χ2n) is 5.12. The highest BCUT2D eigenvalue weighted by atomic mass is 127. The summed E-state index contributed by atoms with van der Waals surface area (Å²) in [5.41, 5.74) is 9.65. The van der Waals surface area contributed by atoms with Crippen molar-refractivity contribution in [2.75, 3.05) is 0 Å². The third kappa shape index (κ3) is 3.38. The van der Waals surface area contributed by atoms with Crippen molar-refractivity contribution in [2.24, 2.45) is 5.73 Å². The van der Waals surface area contributed by atoms with Gasteiger partial charge >= 0.3 is 0 Å². The molecular weight excluding hydrogens is 364 g/mol. The highest BCUT2D eigenvalue weighted by Gasteiger charge is 2.13. The molecule has 0 amide bonds. The molecule has 2 aromatic rings. The van der Waals surface area contributed by atoms with E-state index in [-0.39, 0.29) is 11.9 Å². The molecule has 0 saturated heterocycles. The molecule has 106 valence electrons. The van der Waals surface area contributed by atoms with Crippen LogP contribution in [0, 0.1) is 9.39 Å². The van der Waals surface area contributed by atoms with E-state index < -0.39 is 0 Å². The van der Waals surface area contributed by atoms with Crippen LogP contribution in [0.15, 0.2) is 42.5 Å². The van der Waals surface area contributed by atoms with Gasteiger partial charge in [-0.3, -0.25) is 0 Å². The summed E-state index contributed by atoms with van der Waals surface area (Å²) in [6.45, 7) is 4.41. The highest BCUT2D eigenvalue weighted by Crippen LogP contribution is 2.26. The van der Waals surface area contributed by atoms with Crippen molar-refractivity contribution in [2.45, 2.75) is 32.2 Å². The summed E-state index contributed by atoms with van der Waals surface area (Å²) in [4.78, 5) is 0. The second-order valence-corrected chi connectivity index (χ2v) is 6.28. The molecule has 2 unspecified atom stereocenters. The van der Waals surface area contributed by atoms with Gasteiger partial charge in [-0.15, -0.1) is 0 Å². The minimum atomic E-state index is -0.225. The zero-order valence-corrected chi connectivity index (χ0v) is 13.9. The molecule has 3 heteroatoms. The predicted molar refractivity (Wildman–Crippen MR) is 90.3 cm³/mol. The molecule has 2 atom stereocenters. The van der Waals surface area contributed by atoms with E-state index in [0.29, 0.717) is 5.92 Å². The van der Waals surface area contributed by atoms with E-state index >= 15 is 0 Å². The van der Waals surface area contributed by atoms with Crippen LogP contribution < -0.4 is 5.73 Å². The largest absolute Gasteiger partial charge is 0.320 e. The Bertz CT molecular complexity index is 580. The monoisotopic (exact) mass is 383 g/mol. The maximum Gasteiger partial charge on any atom is 0.124 e. The SMILES string of the molecule is CCC(C)c1ccc(C(N)c2ccc(F)cc2I)cc1. The van der Waals surface area contributed by atoms with E-state index in [1.165, 1.54) is 17.7 Å². The second kappa shape index (κ2) is 6.68. The van der Waals surface area contributed by atoms with Crippen LogP contribution >= 0.6 is 22.6 Å². The minimum absolute atomic E-state index is 0.214. The first kappa shape index (κ1) is 15.4. The molecule has 0 aliphatic heterocycles. The number of nitrogens with two attached hydrogens (primary N) is 1. The van der Waals surface area contributed by atoms with Gasteiger partial charge in [0.2, 0.25) is 0 Å². The average Bonchev–Trinajstić information content (AvgIpc) is 2.46. The van der Waals surface area contributed by atoms with Gasteiger partial charge in [-0.1, -0.05) is 44.2 Å². The van der Waals surface area contributed by atoms with Gasteiger partial charge in [0, 0.05) is 3.57 Å². The quantitative estimate of drug-likeness (QED) is 0.740. The molecule has 0 saturated carbocycles. The number of halogens is 2. The van der Waals surface area contributed by atoms with Gasteiger partial charge in [0.15, 0.2) is 0 Å². The van der Waals surface area contributed by atoms with E-state index in [1.807, 2.05) is 0 Å². The Labute approximate surface area is 133 Å². The van der Waals surface area contributed by atoms with Crippen molar-refractivity contribution in [3.8, 4) is 0 Å². The molecule has 20 heavy (non-hydrogen) atoms. The van der Waals surface area contributed by atoms with E-state index in [9.17, 15) is 4.39 Å². The summed E-state index contributed by atoms with van der Waals surface area (Å²) in [6.07, 6.45) is 1.13. The van der Waals surface area contributed by atoms with Gasteiger partial charge < -0.3 is 5.73 Å². The van der Waals surface area contributed by atoms with Crippen molar-refractivity contribution in [3.63, 3.8) is 0 Å². The molecule has 0 bridgehead atoms. The van der Waals surface area contributed by atoms with E-state index in [2.05, 4.69) is 60.7 Å². The first-order valence-electron chi connectivity index (χ1n) is 6.83. The van der Waals surface area contributed by atoms with Crippen LogP contribution in [0.25, 0.3) is 0 Å². The molecule has 0 fully saturated rings. The zero-order chi connectivity index (χ0) is 14.7. The standard InChI is InChI=1S/C17H19FIN/c1-3-11(2)12-4-6-13(7-5-12)17(20)15-9-8-14(18)10-16(15)19/h4-11,17H,3,20H2,1-2H3. The van der Waals surface area contributed by atoms with E-state index in [4.69, 9.17) is 5.73 Å². The molecule has 0 aromatic heterocycles. The van der Waals surface area contributed by atoms with E-state index in [1.54, 1.807) is 6.07 Å². The van der Waals surface area contributed by atoms with Gasteiger partial charge in [-0.2, -0.15) is 0 Å². The number of rotatable bonds is 4. The van der Waals surface area contributed by atoms with Crippen molar-refractivity contribution in [1.29, 1.82) is 0 Å². The Morgan fingerprint density at radius 3 is 2.25 bits per heavy atom. The minimum Gasteiger partial charge on any atom is -0.320 e. The Balaban J connectivity index is 2.26. The normalized spacial score (nSPS) is 14.1. The lowest BCUT2D eigenvalue weighted by molar-refractivity contribution is 0.625. The van der Waals surface area contributed by atoms with Gasteiger partial charge in [0.25, 0.3) is 0 Å². The first-order valence-corrected chi connectivity index (χ1v) is 7.91. The first-order chi connectivity index (χ1) is 9.52. The van der Waals surface area contributed by atoms with Crippen molar-refractivity contribution in [3.05, 3.63) is 68.5 Å². The Morgan fingerprint density at radius 2 is 1.70 bits per heavy atom. The fourth-order valence-corrected chi connectivity index (χ4v) is 3.01. The van der Waals surface area contributed by atoms with Crippen LogP contribution in [0.1, 0.15) is 48.9 Å². The molecule has 0 spiro atoms. The molecule has 2 rings (SSSR count). The molecule has 0 aliphatic rings. The highest BCUT2D eigenvalue weighted by molar-refractivity contribution is 14.1. The van der Waals surface area contributed by atoms with Crippen LogP contribution in [0.2, 0.25) is 0 Å². The number of benzene rings is 2. The molecule has 2 aromatic carbocycles. The molecule has 0 heterocycles. The molecule has 1 nitrogen and oxygen atoms in total. The fourth-order valence-electron chi connectivity index (χ4n) is 2.20. The topological polar surface area (TPSA) is 26.0 Å². The van der Waals surface area contributed by atoms with Crippen LogP contribution in [0.5, 0.6) is 0 Å². The smallest absolute Gasteiger partial charge is 0.124 e. The summed E-state index contributed by atoms with van der Waals surface area (Å²) >= 11 is 2.13. The van der Waals surface area contributed by atoms with Crippen LogP contribution in [-0.2, 0) is 0 Å². The maximum atomic E-state index is 13.1. The number of hydrogen-bond acceptors (Lipinski definition) is 1. The Morgan fingerprint density at radius 1 is 1.10 bits per heavy atom. The van der Waals surface area contributed by atoms with E-state index in [0.717, 1.165) is 21.1 Å².